The van der Waals surface area contributed by atoms with Gasteiger partial charge in [0.1, 0.15) is 5.69 Å². The molecule has 18 heavy (non-hydrogen) atoms. The predicted octanol–water partition coefficient (Wildman–Crippen LogP) is 1.27. The van der Waals surface area contributed by atoms with E-state index in [1.54, 1.807) is 26.4 Å². The fourth-order valence-corrected chi connectivity index (χ4v) is 1.76. The summed E-state index contributed by atoms with van der Waals surface area (Å²) in [5.41, 5.74) is 8.84. The van der Waals surface area contributed by atoms with Crippen LogP contribution in [0.3, 0.4) is 0 Å². The number of pyridine rings is 1. The monoisotopic (exact) mass is 245 g/mol. The first kappa shape index (κ1) is 12.1. The van der Waals surface area contributed by atoms with E-state index in [0.717, 1.165) is 5.56 Å². The zero-order valence-corrected chi connectivity index (χ0v) is 10.6. The molecule has 0 aliphatic heterocycles. The zero-order valence-electron chi connectivity index (χ0n) is 10.6. The van der Waals surface area contributed by atoms with Crippen molar-refractivity contribution in [3.05, 3.63) is 35.4 Å². The lowest BCUT2D eigenvalue weighted by Crippen LogP contribution is -2.17. The van der Waals surface area contributed by atoms with E-state index in [4.69, 9.17) is 5.73 Å². The van der Waals surface area contributed by atoms with Crippen LogP contribution in [0.5, 0.6) is 0 Å². The number of amides is 1. The van der Waals surface area contributed by atoms with Crippen molar-refractivity contribution in [2.24, 2.45) is 7.05 Å². The molecule has 3 N–H and O–H groups in total. The van der Waals surface area contributed by atoms with Crippen molar-refractivity contribution >= 4 is 17.3 Å². The topological polar surface area (TPSA) is 85.8 Å². The standard InChI is InChI=1S/C12H15N5O/c1-7-4-9(6-14-5-7)15-12(18)11-10(13)8(2)16-17(11)3/h4-6H,13H2,1-3H3,(H,15,18). The van der Waals surface area contributed by atoms with Crippen LogP contribution in [0.15, 0.2) is 18.5 Å². The highest BCUT2D eigenvalue weighted by Crippen LogP contribution is 2.17. The minimum atomic E-state index is -0.289. The summed E-state index contributed by atoms with van der Waals surface area (Å²) in [4.78, 5) is 16.1. The summed E-state index contributed by atoms with van der Waals surface area (Å²) >= 11 is 0. The molecular formula is C12H15N5O. The maximum absolute atomic E-state index is 12.1. The lowest BCUT2D eigenvalue weighted by Gasteiger charge is -2.06. The van der Waals surface area contributed by atoms with E-state index in [2.05, 4.69) is 15.4 Å². The molecule has 0 unspecified atom stereocenters. The molecule has 0 fully saturated rings. The Kier molecular flexibility index (Phi) is 3.01. The average Bonchev–Trinajstić information content (AvgIpc) is 2.53. The van der Waals surface area contributed by atoms with Crippen LogP contribution in [0, 0.1) is 13.8 Å². The molecule has 0 aliphatic carbocycles. The van der Waals surface area contributed by atoms with Gasteiger partial charge >= 0.3 is 0 Å². The fourth-order valence-electron chi connectivity index (χ4n) is 1.76. The van der Waals surface area contributed by atoms with Crippen LogP contribution in [0.25, 0.3) is 0 Å². The Balaban J connectivity index is 2.27. The molecule has 1 amide bonds. The molecule has 0 spiro atoms. The summed E-state index contributed by atoms with van der Waals surface area (Å²) in [6.07, 6.45) is 3.31. The summed E-state index contributed by atoms with van der Waals surface area (Å²) in [6, 6.07) is 1.84. The number of hydrogen-bond acceptors (Lipinski definition) is 4. The summed E-state index contributed by atoms with van der Waals surface area (Å²) in [6.45, 7) is 3.67. The number of hydrogen-bond donors (Lipinski definition) is 2. The number of carbonyl (C=O) groups is 1. The Morgan fingerprint density at radius 2 is 2.11 bits per heavy atom. The molecule has 2 aromatic heterocycles. The number of aryl methyl sites for hydroxylation is 3. The zero-order chi connectivity index (χ0) is 13.3. The number of nitrogens with zero attached hydrogens (tertiary/aromatic N) is 3. The summed E-state index contributed by atoms with van der Waals surface area (Å²) in [7, 11) is 1.69. The second kappa shape index (κ2) is 4.48. The molecule has 0 saturated carbocycles. The van der Waals surface area contributed by atoms with Crippen LogP contribution in [-0.4, -0.2) is 20.7 Å². The maximum atomic E-state index is 12.1. The van der Waals surface area contributed by atoms with Crippen LogP contribution >= 0.6 is 0 Å². The highest BCUT2D eigenvalue weighted by Gasteiger charge is 2.17. The summed E-state index contributed by atoms with van der Waals surface area (Å²) in [5, 5.41) is 6.86. The second-order valence-electron chi connectivity index (χ2n) is 4.18. The smallest absolute Gasteiger partial charge is 0.276 e. The lowest BCUT2D eigenvalue weighted by atomic mass is 10.2. The highest BCUT2D eigenvalue weighted by molar-refractivity contribution is 6.06. The van der Waals surface area contributed by atoms with Gasteiger partial charge < -0.3 is 11.1 Å². The molecule has 0 aliphatic rings. The molecular weight excluding hydrogens is 230 g/mol. The Morgan fingerprint density at radius 1 is 1.39 bits per heavy atom. The number of nitrogen functional groups attached to an aromatic ring is 1. The molecule has 0 saturated heterocycles. The first-order chi connectivity index (χ1) is 8.49. The van der Waals surface area contributed by atoms with Gasteiger partial charge in [-0.25, -0.2) is 0 Å². The van der Waals surface area contributed by atoms with Crippen molar-refractivity contribution in [2.45, 2.75) is 13.8 Å². The third kappa shape index (κ3) is 2.17. The molecule has 6 nitrogen and oxygen atoms in total. The lowest BCUT2D eigenvalue weighted by molar-refractivity contribution is 0.101. The van der Waals surface area contributed by atoms with E-state index in [-0.39, 0.29) is 5.91 Å². The summed E-state index contributed by atoms with van der Waals surface area (Å²) < 4.78 is 1.48. The maximum Gasteiger partial charge on any atom is 0.276 e. The van der Waals surface area contributed by atoms with Gasteiger partial charge in [-0.05, 0) is 25.5 Å². The third-order valence-corrected chi connectivity index (χ3v) is 2.62. The minimum absolute atomic E-state index is 0.289. The Hall–Kier alpha value is -2.37. The van der Waals surface area contributed by atoms with E-state index in [9.17, 15) is 4.79 Å². The van der Waals surface area contributed by atoms with E-state index >= 15 is 0 Å². The van der Waals surface area contributed by atoms with E-state index in [0.29, 0.717) is 22.8 Å². The highest BCUT2D eigenvalue weighted by atomic mass is 16.2. The van der Waals surface area contributed by atoms with Crippen molar-refractivity contribution in [1.82, 2.24) is 14.8 Å². The van der Waals surface area contributed by atoms with Gasteiger partial charge in [0, 0.05) is 13.2 Å². The normalized spacial score (nSPS) is 10.4. The third-order valence-electron chi connectivity index (χ3n) is 2.62. The number of aromatic nitrogens is 3. The SMILES string of the molecule is Cc1cncc(NC(=O)c2c(N)c(C)nn2C)c1. The van der Waals surface area contributed by atoms with Crippen molar-refractivity contribution in [3.8, 4) is 0 Å². The van der Waals surface area contributed by atoms with Gasteiger partial charge in [-0.2, -0.15) is 5.10 Å². The van der Waals surface area contributed by atoms with Crippen molar-refractivity contribution < 1.29 is 4.79 Å². The van der Waals surface area contributed by atoms with Gasteiger partial charge in [-0.3, -0.25) is 14.5 Å². The molecule has 0 aromatic carbocycles. The van der Waals surface area contributed by atoms with Crippen LogP contribution in [0.1, 0.15) is 21.7 Å². The van der Waals surface area contributed by atoms with Gasteiger partial charge in [-0.15, -0.1) is 0 Å². The van der Waals surface area contributed by atoms with Crippen LogP contribution in [0.2, 0.25) is 0 Å². The Labute approximate surface area is 105 Å². The van der Waals surface area contributed by atoms with Crippen LogP contribution in [0.4, 0.5) is 11.4 Å². The minimum Gasteiger partial charge on any atom is -0.395 e. The number of carbonyl (C=O) groups excluding carboxylic acids is 1. The van der Waals surface area contributed by atoms with Gasteiger partial charge in [-0.1, -0.05) is 0 Å². The van der Waals surface area contributed by atoms with Gasteiger partial charge in [0.05, 0.1) is 23.3 Å². The number of nitrogens with two attached hydrogens (primary N) is 1. The van der Waals surface area contributed by atoms with Crippen LogP contribution < -0.4 is 11.1 Å². The van der Waals surface area contributed by atoms with Crippen molar-refractivity contribution in [1.29, 1.82) is 0 Å². The number of rotatable bonds is 2. The van der Waals surface area contributed by atoms with E-state index < -0.39 is 0 Å². The first-order valence-electron chi connectivity index (χ1n) is 5.51. The quantitative estimate of drug-likeness (QED) is 0.834. The number of nitrogens with one attached hydrogen (secondary N) is 1. The fraction of sp³-hybridized carbons (Fsp3) is 0.250. The van der Waals surface area contributed by atoms with Gasteiger partial charge in [0.25, 0.3) is 5.91 Å². The molecule has 2 rings (SSSR count). The van der Waals surface area contributed by atoms with Crippen molar-refractivity contribution in [2.75, 3.05) is 11.1 Å². The second-order valence-corrected chi connectivity index (χ2v) is 4.18. The average molecular weight is 245 g/mol. The summed E-state index contributed by atoms with van der Waals surface area (Å²) in [5.74, 6) is -0.289. The molecule has 0 radical (unpaired) electrons. The van der Waals surface area contributed by atoms with Crippen LogP contribution in [-0.2, 0) is 7.05 Å². The van der Waals surface area contributed by atoms with E-state index in [1.165, 1.54) is 4.68 Å². The van der Waals surface area contributed by atoms with Gasteiger partial charge in [0.2, 0.25) is 0 Å². The number of anilines is 2. The molecule has 0 atom stereocenters. The molecule has 6 heteroatoms. The predicted molar refractivity (Wildman–Crippen MR) is 69.3 cm³/mol. The molecule has 2 aromatic rings. The first-order valence-corrected chi connectivity index (χ1v) is 5.51. The Morgan fingerprint density at radius 3 is 2.67 bits per heavy atom. The largest absolute Gasteiger partial charge is 0.395 e. The van der Waals surface area contributed by atoms with Gasteiger partial charge in [0.15, 0.2) is 0 Å². The van der Waals surface area contributed by atoms with E-state index in [1.807, 2.05) is 13.0 Å². The van der Waals surface area contributed by atoms with Crippen molar-refractivity contribution in [3.63, 3.8) is 0 Å². The molecule has 2 heterocycles. The Bertz CT molecular complexity index is 603. The molecule has 0 bridgehead atoms. The molecule has 94 valence electrons.